The van der Waals surface area contributed by atoms with Gasteiger partial charge >= 0.3 is 0 Å². The van der Waals surface area contributed by atoms with Gasteiger partial charge in [0.25, 0.3) is 15.9 Å². The van der Waals surface area contributed by atoms with E-state index >= 15 is 0 Å². The standard InChI is InChI=1S/C7H4NO3S/c9-7-5-3-1-2-4-6(5)12(10,11)8-7/h1-4H. The van der Waals surface area contributed by atoms with Gasteiger partial charge in [0.1, 0.15) is 4.90 Å². The molecular weight excluding hydrogens is 178 g/mol. The Kier molecular flexibility index (Phi) is 1.26. The van der Waals surface area contributed by atoms with Gasteiger partial charge in [0, 0.05) is 0 Å². The summed E-state index contributed by atoms with van der Waals surface area (Å²) in [5.74, 6) is -0.675. The lowest BCUT2D eigenvalue weighted by Crippen LogP contribution is -1.93. The number of fused-ring (bicyclic) bond motifs is 1. The summed E-state index contributed by atoms with van der Waals surface area (Å²) in [6.07, 6.45) is 0. The monoisotopic (exact) mass is 182 g/mol. The smallest absolute Gasteiger partial charge is 0.266 e. The summed E-state index contributed by atoms with van der Waals surface area (Å²) in [6.45, 7) is 0. The van der Waals surface area contributed by atoms with E-state index in [9.17, 15) is 13.5 Å². The maximum absolute atomic E-state index is 11.1. The molecule has 0 aliphatic carbocycles. The topological polar surface area (TPSA) is 66.4 Å². The molecular formula is C7H4NO3S. The van der Waals surface area contributed by atoms with Gasteiger partial charge in [-0.05, 0) is 12.1 Å². The maximum atomic E-state index is 11.1. The zero-order valence-corrected chi connectivity index (χ0v) is 6.71. The summed E-state index contributed by atoms with van der Waals surface area (Å²) < 4.78 is 25.2. The lowest BCUT2D eigenvalue weighted by molar-refractivity contribution is 0.431. The van der Waals surface area contributed by atoms with Gasteiger partial charge < -0.3 is 0 Å². The molecule has 0 N–H and O–H groups in total. The van der Waals surface area contributed by atoms with Gasteiger partial charge in [0.05, 0.1) is 5.56 Å². The molecule has 2 rings (SSSR count). The molecule has 0 unspecified atom stereocenters. The summed E-state index contributed by atoms with van der Waals surface area (Å²) in [5, 5.41) is 10.9. The van der Waals surface area contributed by atoms with Crippen LogP contribution in [0.15, 0.2) is 33.6 Å². The first-order chi connectivity index (χ1) is 5.61. The van der Waals surface area contributed by atoms with Crippen molar-refractivity contribution in [1.29, 1.82) is 0 Å². The summed E-state index contributed by atoms with van der Waals surface area (Å²) in [4.78, 5) is 0.00926. The second kappa shape index (κ2) is 2.07. The number of rotatable bonds is 0. The van der Waals surface area contributed by atoms with Crippen molar-refractivity contribution in [2.24, 2.45) is 4.40 Å². The molecule has 0 saturated carbocycles. The second-order valence-corrected chi connectivity index (χ2v) is 3.94. The van der Waals surface area contributed by atoms with Crippen molar-refractivity contribution < 1.29 is 13.5 Å². The minimum atomic E-state index is -3.68. The van der Waals surface area contributed by atoms with Crippen molar-refractivity contribution in [1.82, 2.24) is 0 Å². The fourth-order valence-electron chi connectivity index (χ4n) is 1.08. The van der Waals surface area contributed by atoms with Crippen LogP contribution in [0.25, 0.3) is 0 Å². The van der Waals surface area contributed by atoms with Crippen LogP contribution in [0.3, 0.4) is 0 Å². The molecule has 0 saturated heterocycles. The van der Waals surface area contributed by atoms with Crippen molar-refractivity contribution in [2.45, 2.75) is 4.90 Å². The van der Waals surface area contributed by atoms with E-state index in [2.05, 4.69) is 4.40 Å². The lowest BCUT2D eigenvalue weighted by Gasteiger charge is -1.92. The normalized spacial score (nSPS) is 18.5. The molecule has 0 aromatic heterocycles. The van der Waals surface area contributed by atoms with Crippen molar-refractivity contribution in [3.05, 3.63) is 29.8 Å². The van der Waals surface area contributed by atoms with Gasteiger partial charge in [-0.3, -0.25) is 5.11 Å². The highest BCUT2D eigenvalue weighted by molar-refractivity contribution is 7.90. The van der Waals surface area contributed by atoms with Crippen LogP contribution in [0.4, 0.5) is 0 Å². The highest BCUT2D eigenvalue weighted by Crippen LogP contribution is 2.24. The number of hydrogen-bond acceptors (Lipinski definition) is 2. The maximum Gasteiger partial charge on any atom is 0.289 e. The van der Waals surface area contributed by atoms with E-state index in [-0.39, 0.29) is 10.5 Å². The van der Waals surface area contributed by atoms with Crippen molar-refractivity contribution >= 4 is 15.9 Å². The van der Waals surface area contributed by atoms with E-state index in [4.69, 9.17) is 0 Å². The van der Waals surface area contributed by atoms with Crippen LogP contribution in [-0.4, -0.2) is 14.3 Å². The quantitative estimate of drug-likeness (QED) is 0.588. The van der Waals surface area contributed by atoms with Crippen molar-refractivity contribution in [2.75, 3.05) is 0 Å². The van der Waals surface area contributed by atoms with E-state index in [1.165, 1.54) is 12.1 Å². The third kappa shape index (κ3) is 0.831. The van der Waals surface area contributed by atoms with E-state index in [0.717, 1.165) is 0 Å². The zero-order chi connectivity index (χ0) is 8.77. The van der Waals surface area contributed by atoms with Crippen LogP contribution >= 0.6 is 0 Å². The van der Waals surface area contributed by atoms with Crippen LogP contribution in [-0.2, 0) is 15.1 Å². The number of hydrogen-bond donors (Lipinski definition) is 0. The molecule has 1 aliphatic heterocycles. The van der Waals surface area contributed by atoms with Crippen molar-refractivity contribution in [3.63, 3.8) is 0 Å². The minimum Gasteiger partial charge on any atom is -0.266 e. The molecule has 4 nitrogen and oxygen atoms in total. The summed E-state index contributed by atoms with van der Waals surface area (Å²) in [6, 6.07) is 5.99. The molecule has 0 fully saturated rings. The molecule has 0 amide bonds. The summed E-state index contributed by atoms with van der Waals surface area (Å²) in [7, 11) is -3.68. The third-order valence-electron chi connectivity index (χ3n) is 1.60. The molecule has 1 aliphatic rings. The molecule has 5 heteroatoms. The fourth-order valence-corrected chi connectivity index (χ4v) is 2.17. The van der Waals surface area contributed by atoms with Gasteiger partial charge in [0.15, 0.2) is 0 Å². The van der Waals surface area contributed by atoms with Gasteiger partial charge in [-0.1, -0.05) is 12.1 Å². The molecule has 1 radical (unpaired) electrons. The van der Waals surface area contributed by atoms with E-state index in [1.807, 2.05) is 0 Å². The average Bonchev–Trinajstić information content (AvgIpc) is 2.25. The molecule has 1 aromatic carbocycles. The fraction of sp³-hybridized carbons (Fsp3) is 0. The Balaban J connectivity index is 2.86. The number of sulfonamides is 1. The first-order valence-electron chi connectivity index (χ1n) is 3.23. The Bertz CT molecular complexity index is 461. The SMILES string of the molecule is [O]C1=NS(=O)(=O)c2ccccc21. The number of benzene rings is 1. The van der Waals surface area contributed by atoms with Crippen LogP contribution in [0.5, 0.6) is 0 Å². The Morgan fingerprint density at radius 1 is 1.17 bits per heavy atom. The highest BCUT2D eigenvalue weighted by Gasteiger charge is 2.28. The first-order valence-corrected chi connectivity index (χ1v) is 4.67. The van der Waals surface area contributed by atoms with E-state index in [1.54, 1.807) is 12.1 Å². The Morgan fingerprint density at radius 3 is 2.50 bits per heavy atom. The van der Waals surface area contributed by atoms with Gasteiger partial charge in [-0.2, -0.15) is 8.42 Å². The molecule has 61 valence electrons. The van der Waals surface area contributed by atoms with E-state index in [0.29, 0.717) is 0 Å². The van der Waals surface area contributed by atoms with Gasteiger partial charge in [-0.15, -0.1) is 4.40 Å². The van der Waals surface area contributed by atoms with Crippen molar-refractivity contribution in [3.8, 4) is 0 Å². The second-order valence-electron chi connectivity index (χ2n) is 2.37. The third-order valence-corrected chi connectivity index (χ3v) is 2.92. The van der Waals surface area contributed by atoms with Crippen LogP contribution in [0.2, 0.25) is 0 Å². The zero-order valence-electron chi connectivity index (χ0n) is 5.89. The minimum absolute atomic E-state index is 0.00926. The molecule has 1 heterocycles. The molecule has 0 atom stereocenters. The molecule has 0 spiro atoms. The van der Waals surface area contributed by atoms with Crippen LogP contribution in [0, 0.1) is 0 Å². The Hall–Kier alpha value is -1.36. The summed E-state index contributed by atoms with van der Waals surface area (Å²) >= 11 is 0. The Labute approximate surface area is 69.2 Å². The lowest BCUT2D eigenvalue weighted by atomic mass is 10.2. The molecule has 1 aromatic rings. The van der Waals surface area contributed by atoms with Gasteiger partial charge in [0.2, 0.25) is 0 Å². The van der Waals surface area contributed by atoms with Gasteiger partial charge in [-0.25, -0.2) is 0 Å². The average molecular weight is 182 g/mol. The predicted molar refractivity (Wildman–Crippen MR) is 40.9 cm³/mol. The number of nitrogens with zero attached hydrogens (tertiary/aromatic N) is 1. The highest BCUT2D eigenvalue weighted by atomic mass is 32.2. The Morgan fingerprint density at radius 2 is 1.83 bits per heavy atom. The largest absolute Gasteiger partial charge is 0.289 e. The molecule has 0 bridgehead atoms. The summed E-state index contributed by atoms with van der Waals surface area (Å²) in [5.41, 5.74) is 0.164. The molecule has 12 heavy (non-hydrogen) atoms. The first kappa shape index (κ1) is 7.30. The van der Waals surface area contributed by atoms with Crippen LogP contribution < -0.4 is 0 Å². The van der Waals surface area contributed by atoms with Crippen LogP contribution in [0.1, 0.15) is 5.56 Å². The van der Waals surface area contributed by atoms with E-state index < -0.39 is 15.9 Å². The predicted octanol–water partition coefficient (Wildman–Crippen LogP) is 0.566.